The van der Waals surface area contributed by atoms with E-state index >= 15 is 0 Å². The molecule has 28 heavy (non-hydrogen) atoms. The highest BCUT2D eigenvalue weighted by molar-refractivity contribution is 7.84. The average Bonchev–Trinajstić information content (AvgIpc) is 2.62. The highest BCUT2D eigenvalue weighted by atomic mass is 32.2. The van der Waals surface area contributed by atoms with Crippen LogP contribution < -0.4 is 16.8 Å². The van der Waals surface area contributed by atoms with Crippen molar-refractivity contribution in [3.05, 3.63) is 60.6 Å². The van der Waals surface area contributed by atoms with Crippen molar-refractivity contribution in [2.24, 2.45) is 5.73 Å². The Bertz CT molecular complexity index is 842. The summed E-state index contributed by atoms with van der Waals surface area (Å²) >= 11 is 0. The van der Waals surface area contributed by atoms with Crippen LogP contribution in [0.1, 0.15) is 12.0 Å². The molecule has 10 heteroatoms. The van der Waals surface area contributed by atoms with Crippen LogP contribution >= 0.6 is 0 Å². The maximum absolute atomic E-state index is 13.7. The van der Waals surface area contributed by atoms with E-state index in [4.69, 9.17) is 22.0 Å². The van der Waals surface area contributed by atoms with Crippen LogP contribution in [0.3, 0.4) is 0 Å². The number of nitrogens with two attached hydrogens (primary N) is 2. The van der Waals surface area contributed by atoms with Gasteiger partial charge in [0.15, 0.2) is 0 Å². The van der Waals surface area contributed by atoms with Gasteiger partial charge < -0.3 is 21.9 Å². The number of aliphatic hydroxyl groups excluding tert-OH is 1. The summed E-state index contributed by atoms with van der Waals surface area (Å²) in [6.07, 6.45) is 4.99. The quantitative estimate of drug-likeness (QED) is 0.268. The molecule has 0 fully saturated rings. The van der Waals surface area contributed by atoms with Gasteiger partial charge in [0.1, 0.15) is 17.5 Å². The molecule has 1 unspecified atom stereocenters. The minimum absolute atomic E-state index is 0.0479. The first-order chi connectivity index (χ1) is 13.2. The predicted octanol–water partition coefficient (Wildman–Crippen LogP) is 2.07. The maximum atomic E-state index is 13.7. The molecule has 1 aromatic heterocycles. The van der Waals surface area contributed by atoms with Crippen LogP contribution in [-0.4, -0.2) is 38.0 Å². The lowest BCUT2D eigenvalue weighted by molar-refractivity contribution is 0.300. The van der Waals surface area contributed by atoms with E-state index in [1.165, 1.54) is 24.6 Å². The minimum Gasteiger partial charge on any atom is -0.396 e. The van der Waals surface area contributed by atoms with Crippen LogP contribution in [0.25, 0.3) is 0 Å². The second-order valence-corrected chi connectivity index (χ2v) is 6.81. The highest BCUT2D eigenvalue weighted by Crippen LogP contribution is 2.20. The van der Waals surface area contributed by atoms with Crippen molar-refractivity contribution >= 4 is 34.1 Å². The Labute approximate surface area is 165 Å². The van der Waals surface area contributed by atoms with E-state index in [-0.39, 0.29) is 34.7 Å². The average molecular weight is 406 g/mol. The number of aromatic nitrogens is 2. The van der Waals surface area contributed by atoms with Gasteiger partial charge in [-0.2, -0.15) is 4.98 Å². The Hall–Kier alpha value is -3.11. The van der Waals surface area contributed by atoms with Crippen molar-refractivity contribution in [2.75, 3.05) is 23.9 Å². The van der Waals surface area contributed by atoms with Crippen LogP contribution in [0.4, 0.5) is 21.8 Å². The van der Waals surface area contributed by atoms with Gasteiger partial charge in [0.05, 0.1) is 21.3 Å². The monoisotopic (exact) mass is 406 g/mol. The van der Waals surface area contributed by atoms with Crippen LogP contribution in [0.5, 0.6) is 0 Å². The fourth-order valence-electron chi connectivity index (χ4n) is 1.85. The number of nitrogens with one attached hydrogen (secondary N) is 2. The summed E-state index contributed by atoms with van der Waals surface area (Å²) in [6, 6.07) is 4.16. The van der Waals surface area contributed by atoms with Crippen molar-refractivity contribution < 1.29 is 13.7 Å². The van der Waals surface area contributed by atoms with E-state index < -0.39 is 16.6 Å². The Morgan fingerprint density at radius 3 is 2.61 bits per heavy atom. The number of allylic oxidation sites excluding steroid dienone is 1. The van der Waals surface area contributed by atoms with Gasteiger partial charge in [-0.05, 0) is 24.6 Å². The molecule has 1 heterocycles. The summed E-state index contributed by atoms with van der Waals surface area (Å²) in [7, 11) is -1.40. The van der Waals surface area contributed by atoms with Crippen molar-refractivity contribution in [2.45, 2.75) is 11.3 Å². The molecule has 0 saturated carbocycles. The van der Waals surface area contributed by atoms with Gasteiger partial charge >= 0.3 is 0 Å². The number of aliphatic hydroxyl groups is 1. The number of hydrogen-bond acceptors (Lipinski definition) is 7. The summed E-state index contributed by atoms with van der Waals surface area (Å²) < 4.78 is 25.0. The Balaban J connectivity index is 0.000000480. The SMILES string of the molecule is C=CC(=C)CCO.CS(=O)c1ccc(Nc2ncc(C(=N)N)c(N)n2)cc1F. The van der Waals surface area contributed by atoms with E-state index in [1.54, 1.807) is 12.1 Å². The highest BCUT2D eigenvalue weighted by Gasteiger charge is 2.09. The van der Waals surface area contributed by atoms with Gasteiger partial charge in [-0.15, -0.1) is 0 Å². The molecule has 1 aromatic carbocycles. The molecule has 0 radical (unpaired) electrons. The Kier molecular flexibility index (Phi) is 8.93. The molecule has 0 amide bonds. The summed E-state index contributed by atoms with van der Waals surface area (Å²) in [5.41, 5.74) is 12.5. The number of hydrogen-bond donors (Lipinski definition) is 5. The molecule has 8 nitrogen and oxygen atoms in total. The van der Waals surface area contributed by atoms with Crippen molar-refractivity contribution in [3.63, 3.8) is 0 Å². The Morgan fingerprint density at radius 2 is 2.18 bits per heavy atom. The molecule has 150 valence electrons. The van der Waals surface area contributed by atoms with Gasteiger partial charge in [-0.3, -0.25) is 9.62 Å². The molecular weight excluding hydrogens is 383 g/mol. The minimum atomic E-state index is -1.40. The third-order valence-corrected chi connectivity index (χ3v) is 4.28. The molecule has 0 bridgehead atoms. The lowest BCUT2D eigenvalue weighted by Crippen LogP contribution is -2.15. The normalized spacial score (nSPS) is 11.0. The van der Waals surface area contributed by atoms with Gasteiger partial charge in [0, 0.05) is 24.7 Å². The Morgan fingerprint density at radius 1 is 1.50 bits per heavy atom. The zero-order valence-electron chi connectivity index (χ0n) is 15.4. The number of anilines is 3. The number of nitrogen functional groups attached to an aromatic ring is 2. The molecule has 1 atom stereocenters. The van der Waals surface area contributed by atoms with Gasteiger partial charge in [-0.25, -0.2) is 9.37 Å². The van der Waals surface area contributed by atoms with Crippen LogP contribution in [0.2, 0.25) is 0 Å². The molecule has 0 spiro atoms. The van der Waals surface area contributed by atoms with Gasteiger partial charge in [-0.1, -0.05) is 24.8 Å². The molecule has 7 N–H and O–H groups in total. The largest absolute Gasteiger partial charge is 0.396 e. The summed E-state index contributed by atoms with van der Waals surface area (Å²) in [6.45, 7) is 7.22. The maximum Gasteiger partial charge on any atom is 0.229 e. The first-order valence-corrected chi connectivity index (χ1v) is 9.53. The molecule has 2 aromatic rings. The molecular formula is C18H23FN6O2S. The van der Waals surface area contributed by atoms with E-state index in [0.29, 0.717) is 12.1 Å². The first-order valence-electron chi connectivity index (χ1n) is 7.97. The second-order valence-electron chi connectivity index (χ2n) is 5.47. The number of amidine groups is 1. The van der Waals surface area contributed by atoms with E-state index in [1.807, 2.05) is 0 Å². The fourth-order valence-corrected chi connectivity index (χ4v) is 2.44. The first kappa shape index (κ1) is 22.9. The fraction of sp³-hybridized carbons (Fsp3) is 0.167. The number of benzene rings is 1. The van der Waals surface area contributed by atoms with Crippen molar-refractivity contribution in [1.29, 1.82) is 5.41 Å². The zero-order chi connectivity index (χ0) is 21.3. The molecule has 0 saturated heterocycles. The summed E-state index contributed by atoms with van der Waals surface area (Å²) in [5, 5.41) is 18.3. The van der Waals surface area contributed by atoms with Crippen LogP contribution in [0.15, 0.2) is 54.1 Å². The molecule has 2 rings (SSSR count). The summed E-state index contributed by atoms with van der Waals surface area (Å²) in [5.74, 6) is -0.636. The van der Waals surface area contributed by atoms with E-state index in [0.717, 1.165) is 5.57 Å². The van der Waals surface area contributed by atoms with Crippen molar-refractivity contribution in [1.82, 2.24) is 9.97 Å². The molecule has 0 aliphatic rings. The number of rotatable bonds is 7. The van der Waals surface area contributed by atoms with E-state index in [9.17, 15) is 8.60 Å². The summed E-state index contributed by atoms with van der Waals surface area (Å²) in [4.78, 5) is 7.99. The van der Waals surface area contributed by atoms with Crippen LogP contribution in [0, 0.1) is 11.2 Å². The van der Waals surface area contributed by atoms with Crippen molar-refractivity contribution in [3.8, 4) is 0 Å². The predicted molar refractivity (Wildman–Crippen MR) is 111 cm³/mol. The zero-order valence-corrected chi connectivity index (χ0v) is 16.2. The smallest absolute Gasteiger partial charge is 0.229 e. The van der Waals surface area contributed by atoms with Gasteiger partial charge in [0.25, 0.3) is 0 Å². The molecule has 0 aliphatic carbocycles. The third-order valence-electron chi connectivity index (χ3n) is 3.33. The van der Waals surface area contributed by atoms with Crippen LogP contribution in [-0.2, 0) is 10.8 Å². The third kappa shape index (κ3) is 6.89. The topological polar surface area (TPSA) is 151 Å². The number of halogens is 1. The molecule has 0 aliphatic heterocycles. The van der Waals surface area contributed by atoms with E-state index in [2.05, 4.69) is 28.4 Å². The lowest BCUT2D eigenvalue weighted by Gasteiger charge is -2.08. The second kappa shape index (κ2) is 10.9. The lowest BCUT2D eigenvalue weighted by atomic mass is 10.2. The number of nitrogens with zero attached hydrogens (tertiary/aromatic N) is 2. The standard InChI is InChI=1S/C12H13FN6OS.C6H10O/c1-21(20)9-3-2-6(4-8(9)13)18-12-17-5-7(10(14)15)11(16)19-12;1-3-6(2)4-5-7/h2-5H,1H3,(H3,14,15)(H3,16,17,18,19);3,7H,1-2,4-5H2. The van der Waals surface area contributed by atoms with Gasteiger partial charge in [0.2, 0.25) is 5.95 Å².